The summed E-state index contributed by atoms with van der Waals surface area (Å²) in [7, 11) is 1.37. The average Bonchev–Trinajstić information content (AvgIpc) is 2.76. The van der Waals surface area contributed by atoms with Gasteiger partial charge in [0.2, 0.25) is 0 Å². The smallest absolute Gasteiger partial charge is 0.309 e. The Balaban J connectivity index is 1.74. The van der Waals surface area contributed by atoms with Crippen molar-refractivity contribution in [2.45, 2.75) is 19.8 Å². The van der Waals surface area contributed by atoms with E-state index in [2.05, 4.69) is 66.7 Å². The number of benzene rings is 4. The quantitative estimate of drug-likeness (QED) is 0.298. The zero-order chi connectivity index (χ0) is 21.1. The summed E-state index contributed by atoms with van der Waals surface area (Å²) in [6, 6.07) is 27.4. The second kappa shape index (κ2) is 8.50. The molecule has 3 nitrogen and oxygen atoms in total. The minimum Gasteiger partial charge on any atom is -0.469 e. The highest BCUT2D eigenvalue weighted by Crippen LogP contribution is 2.36. The molecular formula is C27H24O3. The molecule has 0 heterocycles. The molecular weight excluding hydrogens is 372 g/mol. The number of carbonyl (C=O) groups excluding carboxylic acids is 2. The zero-order valence-electron chi connectivity index (χ0n) is 17.2. The van der Waals surface area contributed by atoms with E-state index >= 15 is 0 Å². The molecule has 0 amide bonds. The van der Waals surface area contributed by atoms with Crippen LogP contribution < -0.4 is 0 Å². The van der Waals surface area contributed by atoms with E-state index in [-0.39, 0.29) is 18.2 Å². The molecule has 1 atom stereocenters. The third-order valence-electron chi connectivity index (χ3n) is 5.56. The number of ether oxygens (including phenoxy) is 1. The van der Waals surface area contributed by atoms with Gasteiger partial charge in [0, 0.05) is 6.42 Å². The highest BCUT2D eigenvalue weighted by atomic mass is 16.5. The third kappa shape index (κ3) is 3.97. The lowest BCUT2D eigenvalue weighted by Gasteiger charge is -2.15. The van der Waals surface area contributed by atoms with Crippen molar-refractivity contribution in [2.75, 3.05) is 7.11 Å². The zero-order valence-corrected chi connectivity index (χ0v) is 17.2. The van der Waals surface area contributed by atoms with Crippen molar-refractivity contribution in [3.05, 3.63) is 84.4 Å². The summed E-state index contributed by atoms with van der Waals surface area (Å²) >= 11 is 0. The van der Waals surface area contributed by atoms with Crippen molar-refractivity contribution in [1.82, 2.24) is 0 Å². The van der Waals surface area contributed by atoms with Crippen molar-refractivity contribution in [2.24, 2.45) is 5.92 Å². The van der Waals surface area contributed by atoms with Crippen LogP contribution in [0.1, 0.15) is 18.9 Å². The number of hydrogen-bond acceptors (Lipinski definition) is 3. The van der Waals surface area contributed by atoms with Gasteiger partial charge in [0.25, 0.3) is 0 Å². The molecule has 4 aromatic rings. The van der Waals surface area contributed by atoms with Gasteiger partial charge in [0.15, 0.2) is 0 Å². The van der Waals surface area contributed by atoms with Gasteiger partial charge in [-0.2, -0.15) is 0 Å². The molecule has 4 aromatic carbocycles. The average molecular weight is 396 g/mol. The summed E-state index contributed by atoms with van der Waals surface area (Å²) in [5, 5.41) is 4.85. The fourth-order valence-electron chi connectivity index (χ4n) is 4.17. The Morgan fingerprint density at radius 1 is 0.833 bits per heavy atom. The maximum atomic E-state index is 12.1. The molecule has 0 bridgehead atoms. The Hall–Kier alpha value is -3.46. The Kier molecular flexibility index (Phi) is 5.62. The molecule has 3 heteroatoms. The lowest BCUT2D eigenvalue weighted by Crippen LogP contribution is -2.21. The minimum absolute atomic E-state index is 0.00996. The summed E-state index contributed by atoms with van der Waals surface area (Å²) in [4.78, 5) is 23.6. The summed E-state index contributed by atoms with van der Waals surface area (Å²) < 4.78 is 4.88. The van der Waals surface area contributed by atoms with Gasteiger partial charge in [0.05, 0.1) is 13.0 Å². The van der Waals surface area contributed by atoms with Gasteiger partial charge in [-0.3, -0.25) is 4.79 Å². The molecule has 0 fully saturated rings. The molecule has 0 aliphatic carbocycles. The van der Waals surface area contributed by atoms with Crippen LogP contribution in [0, 0.1) is 5.92 Å². The van der Waals surface area contributed by atoms with Crippen LogP contribution in [-0.4, -0.2) is 18.9 Å². The summed E-state index contributed by atoms with van der Waals surface area (Å²) in [6.45, 7) is 1.50. The van der Waals surface area contributed by atoms with Gasteiger partial charge in [-0.15, -0.1) is 0 Å². The molecule has 0 N–H and O–H groups in total. The molecule has 1 unspecified atom stereocenters. The first-order chi connectivity index (χ1) is 14.6. The van der Waals surface area contributed by atoms with E-state index in [4.69, 9.17) is 4.74 Å². The van der Waals surface area contributed by atoms with E-state index in [1.54, 1.807) is 0 Å². The van der Waals surface area contributed by atoms with Crippen molar-refractivity contribution >= 4 is 33.3 Å². The summed E-state index contributed by atoms with van der Waals surface area (Å²) in [6.07, 6.45) is 0.686. The highest BCUT2D eigenvalue weighted by Gasteiger charge is 2.21. The maximum Gasteiger partial charge on any atom is 0.309 e. The first-order valence-corrected chi connectivity index (χ1v) is 10.1. The predicted octanol–water partition coefficient (Wildman–Crippen LogP) is 5.97. The van der Waals surface area contributed by atoms with E-state index in [0.717, 1.165) is 11.1 Å². The van der Waals surface area contributed by atoms with Crippen LogP contribution in [0.25, 0.3) is 32.7 Å². The largest absolute Gasteiger partial charge is 0.469 e. The summed E-state index contributed by atoms with van der Waals surface area (Å²) in [5.41, 5.74) is 3.36. The fraction of sp³-hybridized carbons (Fsp3) is 0.185. The Bertz CT molecular complexity index is 1170. The Morgan fingerprint density at radius 3 is 1.93 bits per heavy atom. The molecule has 0 aliphatic rings. The molecule has 0 radical (unpaired) electrons. The minimum atomic E-state index is -0.447. The second-order valence-electron chi connectivity index (χ2n) is 7.72. The van der Waals surface area contributed by atoms with E-state index in [0.29, 0.717) is 6.42 Å². The number of Topliss-reactive ketones (excluding diaryl/α,β-unsaturated/α-hetero) is 1. The highest BCUT2D eigenvalue weighted by molar-refractivity contribution is 6.12. The number of hydrogen-bond donors (Lipinski definition) is 0. The molecule has 0 aliphatic heterocycles. The van der Waals surface area contributed by atoms with Crippen molar-refractivity contribution in [3.63, 3.8) is 0 Å². The fourth-order valence-corrected chi connectivity index (χ4v) is 4.17. The van der Waals surface area contributed by atoms with Crippen LogP contribution in [0.15, 0.2) is 78.9 Å². The SMILES string of the molecule is COC(=O)C(CC(C)=O)Cc1ccc(-c2c3ccccc3cc3ccccc23)cc1. The first-order valence-electron chi connectivity index (χ1n) is 10.1. The molecule has 4 rings (SSSR count). The second-order valence-corrected chi connectivity index (χ2v) is 7.72. The number of rotatable bonds is 6. The topological polar surface area (TPSA) is 43.4 Å². The standard InChI is InChI=1S/C27H24O3/c1-18(28)15-23(27(29)30-2)16-19-11-13-20(14-12-19)26-24-9-5-3-7-21(24)17-22-8-4-6-10-25(22)26/h3-14,17,23H,15-16H2,1-2H3. The molecule has 150 valence electrons. The van der Waals surface area contributed by atoms with Crippen molar-refractivity contribution in [1.29, 1.82) is 0 Å². The number of methoxy groups -OCH3 is 1. The van der Waals surface area contributed by atoms with Gasteiger partial charge in [0.1, 0.15) is 5.78 Å². The number of esters is 1. The van der Waals surface area contributed by atoms with Gasteiger partial charge in [-0.05, 0) is 57.6 Å². The van der Waals surface area contributed by atoms with E-state index in [1.807, 2.05) is 12.1 Å². The third-order valence-corrected chi connectivity index (χ3v) is 5.56. The normalized spacial score (nSPS) is 12.1. The Morgan fingerprint density at radius 2 is 1.40 bits per heavy atom. The lowest BCUT2D eigenvalue weighted by molar-refractivity contribution is -0.147. The molecule has 0 saturated carbocycles. The Labute approximate surface area is 176 Å². The van der Waals surface area contributed by atoms with Crippen molar-refractivity contribution in [3.8, 4) is 11.1 Å². The van der Waals surface area contributed by atoms with Gasteiger partial charge in [-0.25, -0.2) is 0 Å². The molecule has 0 saturated heterocycles. The van der Waals surface area contributed by atoms with Crippen LogP contribution in [0.3, 0.4) is 0 Å². The van der Waals surface area contributed by atoms with Crippen LogP contribution in [0.4, 0.5) is 0 Å². The lowest BCUT2D eigenvalue weighted by atomic mass is 9.90. The monoisotopic (exact) mass is 396 g/mol. The maximum absolute atomic E-state index is 12.1. The van der Waals surface area contributed by atoms with E-state index in [1.165, 1.54) is 41.1 Å². The number of ketones is 1. The van der Waals surface area contributed by atoms with Gasteiger partial charge < -0.3 is 9.53 Å². The summed E-state index contributed by atoms with van der Waals surface area (Å²) in [5.74, 6) is -0.796. The van der Waals surface area contributed by atoms with Gasteiger partial charge >= 0.3 is 5.97 Å². The van der Waals surface area contributed by atoms with E-state index < -0.39 is 5.92 Å². The molecule has 30 heavy (non-hydrogen) atoms. The predicted molar refractivity (Wildman–Crippen MR) is 121 cm³/mol. The molecule has 0 spiro atoms. The molecule has 0 aromatic heterocycles. The van der Waals surface area contributed by atoms with Crippen molar-refractivity contribution < 1.29 is 14.3 Å². The van der Waals surface area contributed by atoms with Crippen LogP contribution in [0.2, 0.25) is 0 Å². The number of fused-ring (bicyclic) bond motifs is 2. The number of carbonyl (C=O) groups is 2. The van der Waals surface area contributed by atoms with Crippen LogP contribution in [0.5, 0.6) is 0 Å². The van der Waals surface area contributed by atoms with Crippen LogP contribution in [-0.2, 0) is 20.7 Å². The van der Waals surface area contributed by atoms with E-state index in [9.17, 15) is 9.59 Å². The van der Waals surface area contributed by atoms with Gasteiger partial charge in [-0.1, -0.05) is 72.8 Å². The first kappa shape index (κ1) is 19.8. The van der Waals surface area contributed by atoms with Crippen LogP contribution >= 0.6 is 0 Å².